The quantitative estimate of drug-likeness (QED) is 0.873. The van der Waals surface area contributed by atoms with E-state index >= 15 is 0 Å². The number of amides is 2. The van der Waals surface area contributed by atoms with Gasteiger partial charge < -0.3 is 10.2 Å². The van der Waals surface area contributed by atoms with Crippen LogP contribution in [-0.2, 0) is 16.0 Å². The van der Waals surface area contributed by atoms with E-state index in [0.29, 0.717) is 18.0 Å². The van der Waals surface area contributed by atoms with Gasteiger partial charge in [0.15, 0.2) is 0 Å². The Labute approximate surface area is 147 Å². The SMILES string of the molecule is CC(=O)N(CC(=O)NCCc1cccc(Cl)c1)c1ccccc1C. The van der Waals surface area contributed by atoms with E-state index in [4.69, 9.17) is 11.6 Å². The molecule has 0 saturated heterocycles. The predicted molar refractivity (Wildman–Crippen MR) is 97.4 cm³/mol. The Morgan fingerprint density at radius 1 is 1.12 bits per heavy atom. The first-order chi connectivity index (χ1) is 11.5. The van der Waals surface area contributed by atoms with Crippen molar-refractivity contribution in [2.75, 3.05) is 18.0 Å². The number of carbonyl (C=O) groups excluding carboxylic acids is 2. The van der Waals surface area contributed by atoms with Gasteiger partial charge >= 0.3 is 0 Å². The summed E-state index contributed by atoms with van der Waals surface area (Å²) in [6.45, 7) is 3.89. The van der Waals surface area contributed by atoms with Gasteiger partial charge in [0.25, 0.3) is 0 Å². The number of anilines is 1. The van der Waals surface area contributed by atoms with Crippen LogP contribution in [0.2, 0.25) is 5.02 Å². The zero-order chi connectivity index (χ0) is 17.5. The molecule has 24 heavy (non-hydrogen) atoms. The number of rotatable bonds is 6. The smallest absolute Gasteiger partial charge is 0.240 e. The van der Waals surface area contributed by atoms with Crippen LogP contribution in [0, 0.1) is 6.92 Å². The first kappa shape index (κ1) is 18.0. The summed E-state index contributed by atoms with van der Waals surface area (Å²) in [7, 11) is 0. The van der Waals surface area contributed by atoms with Gasteiger partial charge in [-0.2, -0.15) is 0 Å². The van der Waals surface area contributed by atoms with Crippen molar-refractivity contribution < 1.29 is 9.59 Å². The third-order valence-corrected chi connectivity index (χ3v) is 3.95. The van der Waals surface area contributed by atoms with Gasteiger partial charge in [0.1, 0.15) is 6.54 Å². The van der Waals surface area contributed by atoms with Crippen LogP contribution in [0.5, 0.6) is 0 Å². The standard InChI is InChI=1S/C19H21ClN2O2/c1-14-6-3-4-9-18(14)22(15(2)23)13-19(24)21-11-10-16-7-5-8-17(20)12-16/h3-9,12H,10-11,13H2,1-2H3,(H,21,24). The number of aryl methyl sites for hydroxylation is 1. The summed E-state index contributed by atoms with van der Waals surface area (Å²) in [5.74, 6) is -0.343. The highest BCUT2D eigenvalue weighted by atomic mass is 35.5. The number of para-hydroxylation sites is 1. The Morgan fingerprint density at radius 3 is 2.54 bits per heavy atom. The zero-order valence-corrected chi connectivity index (χ0v) is 14.6. The molecule has 0 bridgehead atoms. The van der Waals surface area contributed by atoms with Crippen LogP contribution in [0.3, 0.4) is 0 Å². The van der Waals surface area contributed by atoms with Crippen LogP contribution in [0.1, 0.15) is 18.1 Å². The molecule has 2 aromatic carbocycles. The second-order valence-electron chi connectivity index (χ2n) is 5.62. The molecular formula is C19H21ClN2O2. The minimum Gasteiger partial charge on any atom is -0.354 e. The summed E-state index contributed by atoms with van der Waals surface area (Å²) in [4.78, 5) is 25.6. The van der Waals surface area contributed by atoms with E-state index in [2.05, 4.69) is 5.32 Å². The summed E-state index contributed by atoms with van der Waals surface area (Å²) in [6, 6.07) is 15.1. The van der Waals surface area contributed by atoms with Crippen molar-refractivity contribution in [2.45, 2.75) is 20.3 Å². The molecule has 0 aliphatic carbocycles. The number of nitrogens with zero attached hydrogens (tertiary/aromatic N) is 1. The molecular weight excluding hydrogens is 324 g/mol. The van der Waals surface area contributed by atoms with Gasteiger partial charge in [-0.3, -0.25) is 9.59 Å². The number of hydrogen-bond donors (Lipinski definition) is 1. The Hall–Kier alpha value is -2.33. The van der Waals surface area contributed by atoms with Crippen LogP contribution >= 0.6 is 11.6 Å². The lowest BCUT2D eigenvalue weighted by atomic mass is 10.1. The third kappa shape index (κ3) is 5.10. The number of carbonyl (C=O) groups is 2. The summed E-state index contributed by atoms with van der Waals surface area (Å²) in [6.07, 6.45) is 0.691. The minimum atomic E-state index is -0.185. The minimum absolute atomic E-state index is 0.00966. The lowest BCUT2D eigenvalue weighted by Gasteiger charge is -2.22. The molecule has 0 radical (unpaired) electrons. The van der Waals surface area contributed by atoms with Crippen molar-refractivity contribution in [3.05, 3.63) is 64.7 Å². The van der Waals surface area contributed by atoms with Crippen LogP contribution in [0.15, 0.2) is 48.5 Å². The fraction of sp³-hybridized carbons (Fsp3) is 0.263. The topological polar surface area (TPSA) is 49.4 Å². The second kappa shape index (κ2) is 8.50. The highest BCUT2D eigenvalue weighted by molar-refractivity contribution is 6.30. The van der Waals surface area contributed by atoms with Crippen molar-refractivity contribution in [1.82, 2.24) is 5.32 Å². The van der Waals surface area contributed by atoms with Crippen molar-refractivity contribution >= 4 is 29.1 Å². The molecule has 0 aromatic heterocycles. The number of benzene rings is 2. The molecule has 126 valence electrons. The van der Waals surface area contributed by atoms with E-state index < -0.39 is 0 Å². The average molecular weight is 345 g/mol. The lowest BCUT2D eigenvalue weighted by molar-refractivity contribution is -0.123. The van der Waals surface area contributed by atoms with Gasteiger partial charge in [-0.15, -0.1) is 0 Å². The monoisotopic (exact) mass is 344 g/mol. The van der Waals surface area contributed by atoms with Gasteiger partial charge in [0.05, 0.1) is 0 Å². The average Bonchev–Trinajstić information content (AvgIpc) is 2.53. The van der Waals surface area contributed by atoms with E-state index in [0.717, 1.165) is 16.8 Å². The number of nitrogens with one attached hydrogen (secondary N) is 1. The molecule has 0 atom stereocenters. The van der Waals surface area contributed by atoms with Crippen molar-refractivity contribution in [3.8, 4) is 0 Å². The van der Waals surface area contributed by atoms with Gasteiger partial charge in [-0.25, -0.2) is 0 Å². The summed E-state index contributed by atoms with van der Waals surface area (Å²) in [5.41, 5.74) is 2.78. The fourth-order valence-electron chi connectivity index (χ4n) is 2.47. The van der Waals surface area contributed by atoms with Crippen molar-refractivity contribution in [1.29, 1.82) is 0 Å². The number of hydrogen-bond acceptors (Lipinski definition) is 2. The van der Waals surface area contributed by atoms with Crippen LogP contribution in [0.4, 0.5) is 5.69 Å². The van der Waals surface area contributed by atoms with E-state index in [-0.39, 0.29) is 18.4 Å². The van der Waals surface area contributed by atoms with Gasteiger partial charge in [-0.1, -0.05) is 41.9 Å². The maximum absolute atomic E-state index is 12.2. The Balaban J connectivity index is 1.92. The molecule has 0 spiro atoms. The maximum atomic E-state index is 12.2. The van der Waals surface area contributed by atoms with E-state index in [9.17, 15) is 9.59 Å². The first-order valence-corrected chi connectivity index (χ1v) is 8.20. The first-order valence-electron chi connectivity index (χ1n) is 7.82. The van der Waals surface area contributed by atoms with Crippen molar-refractivity contribution in [3.63, 3.8) is 0 Å². The van der Waals surface area contributed by atoms with Crippen LogP contribution in [0.25, 0.3) is 0 Å². The lowest BCUT2D eigenvalue weighted by Crippen LogP contribution is -2.40. The van der Waals surface area contributed by atoms with Gasteiger partial charge in [0.2, 0.25) is 11.8 Å². The van der Waals surface area contributed by atoms with Gasteiger partial charge in [-0.05, 0) is 42.7 Å². The summed E-state index contributed by atoms with van der Waals surface area (Å²) in [5, 5.41) is 3.53. The largest absolute Gasteiger partial charge is 0.354 e. The highest BCUT2D eigenvalue weighted by Crippen LogP contribution is 2.19. The Morgan fingerprint density at radius 2 is 1.88 bits per heavy atom. The normalized spacial score (nSPS) is 10.3. The molecule has 1 N–H and O–H groups in total. The molecule has 0 saturated carbocycles. The van der Waals surface area contributed by atoms with Crippen LogP contribution in [-0.4, -0.2) is 24.9 Å². The van der Waals surface area contributed by atoms with E-state index in [1.165, 1.54) is 11.8 Å². The molecule has 0 heterocycles. The molecule has 0 aliphatic heterocycles. The zero-order valence-electron chi connectivity index (χ0n) is 13.9. The predicted octanol–water partition coefficient (Wildman–Crippen LogP) is 3.36. The number of halogens is 1. The molecule has 2 amide bonds. The summed E-state index contributed by atoms with van der Waals surface area (Å²) >= 11 is 5.94. The molecule has 0 aliphatic rings. The molecule has 2 rings (SSSR count). The Kier molecular flexibility index (Phi) is 6.38. The van der Waals surface area contributed by atoms with E-state index in [1.54, 1.807) is 0 Å². The fourth-order valence-corrected chi connectivity index (χ4v) is 2.68. The molecule has 4 nitrogen and oxygen atoms in total. The molecule has 0 fully saturated rings. The third-order valence-electron chi connectivity index (χ3n) is 3.71. The van der Waals surface area contributed by atoms with Crippen LogP contribution < -0.4 is 10.2 Å². The van der Waals surface area contributed by atoms with E-state index in [1.807, 2.05) is 55.5 Å². The molecule has 5 heteroatoms. The Bertz CT molecular complexity index is 731. The second-order valence-corrected chi connectivity index (χ2v) is 6.06. The summed E-state index contributed by atoms with van der Waals surface area (Å²) < 4.78 is 0. The van der Waals surface area contributed by atoms with Crippen molar-refractivity contribution in [2.24, 2.45) is 0 Å². The molecule has 2 aromatic rings. The highest BCUT2D eigenvalue weighted by Gasteiger charge is 2.16. The molecule has 0 unspecified atom stereocenters. The maximum Gasteiger partial charge on any atom is 0.240 e. The van der Waals surface area contributed by atoms with Gasteiger partial charge in [0, 0.05) is 24.2 Å².